The molecular formula is C23H21N3O2. The normalized spacial score (nSPS) is 12.6. The Balaban J connectivity index is 1.33. The minimum absolute atomic E-state index is 0.0662. The van der Waals surface area contributed by atoms with E-state index in [9.17, 15) is 4.79 Å². The molecule has 0 atom stereocenters. The second-order valence-electron chi connectivity index (χ2n) is 6.71. The van der Waals surface area contributed by atoms with Crippen LogP contribution in [0.4, 0.5) is 4.79 Å². The third-order valence-corrected chi connectivity index (χ3v) is 4.82. The van der Waals surface area contributed by atoms with E-state index in [1.165, 1.54) is 22.3 Å². The summed E-state index contributed by atoms with van der Waals surface area (Å²) < 4.78 is 5.50. The number of hydrogen-bond donors (Lipinski definition) is 1. The zero-order valence-corrected chi connectivity index (χ0v) is 15.6. The van der Waals surface area contributed by atoms with Crippen molar-refractivity contribution in [2.45, 2.75) is 12.8 Å². The third kappa shape index (κ3) is 3.78. The van der Waals surface area contributed by atoms with Crippen molar-refractivity contribution in [2.75, 3.05) is 13.2 Å². The molecule has 0 spiro atoms. The van der Waals surface area contributed by atoms with Crippen LogP contribution in [0.2, 0.25) is 0 Å². The van der Waals surface area contributed by atoms with Crippen molar-refractivity contribution in [3.8, 4) is 11.1 Å². The van der Waals surface area contributed by atoms with Gasteiger partial charge in [-0.25, -0.2) is 4.79 Å². The van der Waals surface area contributed by atoms with E-state index >= 15 is 0 Å². The Kier molecular flexibility index (Phi) is 5.15. The number of hydrogen-bond acceptors (Lipinski definition) is 4. The van der Waals surface area contributed by atoms with Crippen LogP contribution in [0.5, 0.6) is 0 Å². The number of carbonyl (C=O) groups is 1. The summed E-state index contributed by atoms with van der Waals surface area (Å²) in [7, 11) is 0. The van der Waals surface area contributed by atoms with Gasteiger partial charge in [-0.1, -0.05) is 54.6 Å². The summed E-state index contributed by atoms with van der Waals surface area (Å²) in [6.45, 7) is 2.57. The second-order valence-corrected chi connectivity index (χ2v) is 6.71. The molecule has 3 aromatic rings. The highest BCUT2D eigenvalue weighted by Gasteiger charge is 2.28. The van der Waals surface area contributed by atoms with Crippen molar-refractivity contribution in [3.05, 3.63) is 89.3 Å². The molecule has 140 valence electrons. The molecule has 4 rings (SSSR count). The molecule has 0 bridgehead atoms. The molecule has 1 aliphatic rings. The average molecular weight is 371 g/mol. The van der Waals surface area contributed by atoms with Crippen LogP contribution < -0.4 is 5.32 Å². The number of alkyl carbamates (subject to hydrolysis) is 1. The first-order chi connectivity index (χ1) is 13.7. The molecule has 0 unspecified atom stereocenters. The zero-order valence-electron chi connectivity index (χ0n) is 15.6. The van der Waals surface area contributed by atoms with Gasteiger partial charge in [-0.3, -0.25) is 0 Å². The van der Waals surface area contributed by atoms with Gasteiger partial charge in [0.2, 0.25) is 0 Å². The van der Waals surface area contributed by atoms with E-state index in [-0.39, 0.29) is 5.92 Å². The Morgan fingerprint density at radius 3 is 2.32 bits per heavy atom. The highest BCUT2D eigenvalue weighted by Crippen LogP contribution is 2.44. The Morgan fingerprint density at radius 1 is 1.00 bits per heavy atom. The van der Waals surface area contributed by atoms with E-state index in [1.807, 2.05) is 55.5 Å². The number of fused-ring (bicyclic) bond motifs is 3. The molecule has 1 heterocycles. The lowest BCUT2D eigenvalue weighted by atomic mass is 9.98. The van der Waals surface area contributed by atoms with E-state index in [4.69, 9.17) is 4.74 Å². The number of rotatable bonds is 5. The first-order valence-electron chi connectivity index (χ1n) is 9.28. The summed E-state index contributed by atoms with van der Waals surface area (Å²) in [5, 5.41) is 10.8. The molecule has 2 aromatic carbocycles. The van der Waals surface area contributed by atoms with Gasteiger partial charge in [0.1, 0.15) is 6.61 Å². The highest BCUT2D eigenvalue weighted by atomic mass is 16.5. The summed E-state index contributed by atoms with van der Waals surface area (Å²) in [5.41, 5.74) is 6.46. The fraction of sp³-hybridized carbons (Fsp3) is 0.174. The van der Waals surface area contributed by atoms with Crippen LogP contribution in [-0.4, -0.2) is 29.4 Å². The van der Waals surface area contributed by atoms with E-state index < -0.39 is 6.09 Å². The van der Waals surface area contributed by atoms with Crippen LogP contribution in [0.25, 0.3) is 17.2 Å². The lowest BCUT2D eigenvalue weighted by molar-refractivity contribution is 0.144. The average Bonchev–Trinajstić information content (AvgIpc) is 3.05. The predicted molar refractivity (Wildman–Crippen MR) is 109 cm³/mol. The maximum atomic E-state index is 12.1. The van der Waals surface area contributed by atoms with Crippen molar-refractivity contribution in [3.63, 3.8) is 0 Å². The molecule has 0 aliphatic heterocycles. The number of ether oxygens (including phenoxy) is 1. The van der Waals surface area contributed by atoms with Gasteiger partial charge >= 0.3 is 6.09 Å². The summed E-state index contributed by atoms with van der Waals surface area (Å²) >= 11 is 0. The van der Waals surface area contributed by atoms with E-state index in [0.717, 1.165) is 11.4 Å². The molecule has 0 saturated heterocycles. The van der Waals surface area contributed by atoms with Gasteiger partial charge in [0, 0.05) is 12.5 Å². The highest BCUT2D eigenvalue weighted by molar-refractivity contribution is 5.79. The summed E-state index contributed by atoms with van der Waals surface area (Å²) in [6, 6.07) is 20.3. The molecule has 1 aliphatic carbocycles. The van der Waals surface area contributed by atoms with Crippen molar-refractivity contribution >= 4 is 12.2 Å². The largest absolute Gasteiger partial charge is 0.449 e. The van der Waals surface area contributed by atoms with Crippen molar-refractivity contribution in [1.82, 2.24) is 15.5 Å². The number of benzene rings is 2. The van der Waals surface area contributed by atoms with Crippen LogP contribution in [0, 0.1) is 6.92 Å². The van der Waals surface area contributed by atoms with Crippen LogP contribution in [0.1, 0.15) is 28.4 Å². The SMILES string of the molecule is Cc1ccc(C=CCNC(=O)OCC2c3ccccc3-c3ccccc32)nn1. The summed E-state index contributed by atoms with van der Waals surface area (Å²) in [5.74, 6) is 0.0662. The Bertz CT molecular complexity index is 967. The van der Waals surface area contributed by atoms with E-state index in [2.05, 4.69) is 39.8 Å². The van der Waals surface area contributed by atoms with Gasteiger partial charge in [0.15, 0.2) is 0 Å². The van der Waals surface area contributed by atoms with Gasteiger partial charge in [-0.05, 0) is 47.4 Å². The molecule has 1 aromatic heterocycles. The molecule has 5 nitrogen and oxygen atoms in total. The van der Waals surface area contributed by atoms with Crippen molar-refractivity contribution < 1.29 is 9.53 Å². The van der Waals surface area contributed by atoms with Crippen LogP contribution in [0.3, 0.4) is 0 Å². The molecule has 28 heavy (non-hydrogen) atoms. The number of aromatic nitrogens is 2. The lowest BCUT2D eigenvalue weighted by Gasteiger charge is -2.14. The maximum absolute atomic E-state index is 12.1. The van der Waals surface area contributed by atoms with E-state index in [1.54, 1.807) is 0 Å². The van der Waals surface area contributed by atoms with E-state index in [0.29, 0.717) is 13.2 Å². The Labute approximate surface area is 164 Å². The molecular weight excluding hydrogens is 350 g/mol. The molecule has 0 radical (unpaired) electrons. The fourth-order valence-corrected chi connectivity index (χ4v) is 3.47. The van der Waals surface area contributed by atoms with Gasteiger partial charge in [0.25, 0.3) is 0 Å². The maximum Gasteiger partial charge on any atom is 0.407 e. The van der Waals surface area contributed by atoms with Gasteiger partial charge < -0.3 is 10.1 Å². The Hall–Kier alpha value is -3.47. The summed E-state index contributed by atoms with van der Waals surface area (Å²) in [4.78, 5) is 12.1. The summed E-state index contributed by atoms with van der Waals surface area (Å²) in [6.07, 6.45) is 3.21. The first kappa shape index (κ1) is 17.9. The molecule has 1 amide bonds. The molecule has 0 fully saturated rings. The zero-order chi connectivity index (χ0) is 19.3. The monoisotopic (exact) mass is 371 g/mol. The topological polar surface area (TPSA) is 64.1 Å². The number of nitrogens with zero attached hydrogens (tertiary/aromatic N) is 2. The molecule has 1 N–H and O–H groups in total. The van der Waals surface area contributed by atoms with Crippen molar-refractivity contribution in [1.29, 1.82) is 0 Å². The Morgan fingerprint density at radius 2 is 1.68 bits per heavy atom. The minimum atomic E-state index is -0.429. The van der Waals surface area contributed by atoms with Crippen LogP contribution >= 0.6 is 0 Å². The quantitative estimate of drug-likeness (QED) is 0.725. The van der Waals surface area contributed by atoms with Crippen LogP contribution in [-0.2, 0) is 4.74 Å². The third-order valence-electron chi connectivity index (χ3n) is 4.82. The molecule has 5 heteroatoms. The van der Waals surface area contributed by atoms with Crippen molar-refractivity contribution in [2.24, 2.45) is 0 Å². The smallest absolute Gasteiger partial charge is 0.407 e. The van der Waals surface area contributed by atoms with Gasteiger partial charge in [0.05, 0.1) is 11.4 Å². The lowest BCUT2D eigenvalue weighted by Crippen LogP contribution is -2.26. The number of aryl methyl sites for hydroxylation is 1. The minimum Gasteiger partial charge on any atom is -0.449 e. The first-order valence-corrected chi connectivity index (χ1v) is 9.28. The van der Waals surface area contributed by atoms with Crippen LogP contribution in [0.15, 0.2) is 66.7 Å². The van der Waals surface area contributed by atoms with Gasteiger partial charge in [-0.2, -0.15) is 10.2 Å². The number of carbonyl (C=O) groups excluding carboxylic acids is 1. The predicted octanol–water partition coefficient (Wildman–Crippen LogP) is 4.34. The number of nitrogens with one attached hydrogen (secondary N) is 1. The number of amides is 1. The van der Waals surface area contributed by atoms with Gasteiger partial charge in [-0.15, -0.1) is 0 Å². The standard InChI is InChI=1S/C23H21N3O2/c1-16-12-13-17(26-25-16)7-6-14-24-23(27)28-15-22-20-10-4-2-8-18(20)19-9-3-5-11-21(19)22/h2-13,22H,14-15H2,1H3,(H,24,27). The molecule has 0 saturated carbocycles. The fourth-order valence-electron chi connectivity index (χ4n) is 3.47. The second kappa shape index (κ2) is 8.05.